The second-order valence-electron chi connectivity index (χ2n) is 13.4. The van der Waals surface area contributed by atoms with Gasteiger partial charge in [0.05, 0.1) is 11.1 Å². The molecule has 7 heterocycles. The van der Waals surface area contributed by atoms with Gasteiger partial charge in [0.15, 0.2) is 5.82 Å². The van der Waals surface area contributed by atoms with Gasteiger partial charge in [-0.3, -0.25) is 9.69 Å². The van der Waals surface area contributed by atoms with E-state index in [0.29, 0.717) is 93.3 Å². The standard InChI is InChI=1S/C33H40ClF2N7O3/c34-29-22-5-1-2-6-26(44)38-12-11-33(45)10-4-13-42(18-33)30-23-8-7-21(24(22)15-25(37)39-29)27(36)28(23)40-31(41-30)46-19-32-9-3-14-43(32)17-20(35)16-32/h7-8,15,20,45H,1-6,9-14,16-19H2,(H2,37,39)(H,38,44)/t20-,32+,33?/m1/s1. The Hall–Kier alpha value is -3.35. The highest BCUT2D eigenvalue weighted by Gasteiger charge is 2.49. The number of anilines is 2. The number of pyridine rings is 1. The summed E-state index contributed by atoms with van der Waals surface area (Å²) in [6, 6.07) is 5.09. The summed E-state index contributed by atoms with van der Waals surface area (Å²) in [5.41, 5.74) is 6.08. The highest BCUT2D eigenvalue weighted by Crippen LogP contribution is 2.42. The maximum Gasteiger partial charge on any atom is 0.319 e. The van der Waals surface area contributed by atoms with Gasteiger partial charge >= 0.3 is 6.01 Å². The Balaban J connectivity index is 1.35. The lowest BCUT2D eigenvalue weighted by atomic mass is 9.89. The Labute approximate surface area is 271 Å². The number of fused-ring (bicyclic) bond motifs is 9. The molecular weight excluding hydrogens is 616 g/mol. The quantitative estimate of drug-likeness (QED) is 0.347. The molecule has 10 nitrogen and oxygen atoms in total. The zero-order valence-corrected chi connectivity index (χ0v) is 26.6. The fourth-order valence-electron chi connectivity index (χ4n) is 7.93. The van der Waals surface area contributed by atoms with E-state index in [1.807, 2.05) is 4.90 Å². The van der Waals surface area contributed by atoms with Crippen molar-refractivity contribution in [3.63, 3.8) is 0 Å². The summed E-state index contributed by atoms with van der Waals surface area (Å²) in [7, 11) is 0. The second-order valence-corrected chi connectivity index (χ2v) is 13.8. The van der Waals surface area contributed by atoms with Gasteiger partial charge in [-0.2, -0.15) is 9.97 Å². The van der Waals surface area contributed by atoms with Crippen LogP contribution in [0.15, 0.2) is 18.2 Å². The number of halogens is 3. The lowest BCUT2D eigenvalue weighted by molar-refractivity contribution is -0.121. The van der Waals surface area contributed by atoms with Crippen molar-refractivity contribution in [3.8, 4) is 17.1 Å². The molecule has 6 bridgehead atoms. The van der Waals surface area contributed by atoms with Crippen LogP contribution >= 0.6 is 11.6 Å². The summed E-state index contributed by atoms with van der Waals surface area (Å²) in [4.78, 5) is 30.3. The van der Waals surface area contributed by atoms with Crippen molar-refractivity contribution in [2.75, 3.05) is 50.0 Å². The summed E-state index contributed by atoms with van der Waals surface area (Å²) >= 11 is 6.57. The first-order valence-corrected chi connectivity index (χ1v) is 16.7. The van der Waals surface area contributed by atoms with Gasteiger partial charge in [0.1, 0.15) is 35.1 Å². The number of amides is 1. The molecule has 0 spiro atoms. The molecule has 3 atom stereocenters. The molecule has 2 aromatic heterocycles. The lowest BCUT2D eigenvalue weighted by Crippen LogP contribution is -2.50. The first-order valence-electron chi connectivity index (χ1n) is 16.3. The number of aromatic nitrogens is 3. The molecule has 3 saturated heterocycles. The van der Waals surface area contributed by atoms with Crippen LogP contribution in [-0.2, 0) is 11.2 Å². The minimum absolute atomic E-state index is 0.00496. The number of hydrogen-bond acceptors (Lipinski definition) is 9. The van der Waals surface area contributed by atoms with Crippen LogP contribution in [-0.4, -0.2) is 87.5 Å². The minimum atomic E-state index is -1.07. The number of alkyl halides is 1. The van der Waals surface area contributed by atoms with Crippen LogP contribution in [0.1, 0.15) is 63.4 Å². The first kappa shape index (κ1) is 31.3. The topological polar surface area (TPSA) is 130 Å². The third-order valence-corrected chi connectivity index (χ3v) is 10.5. The first-order chi connectivity index (χ1) is 22.1. The normalized spacial score (nSPS) is 27.3. The molecule has 1 amide bonds. The number of aliphatic hydroxyl groups is 1. The van der Waals surface area contributed by atoms with E-state index >= 15 is 4.39 Å². The van der Waals surface area contributed by atoms with Crippen LogP contribution in [0.2, 0.25) is 5.15 Å². The van der Waals surface area contributed by atoms with E-state index in [9.17, 15) is 14.3 Å². The van der Waals surface area contributed by atoms with E-state index in [2.05, 4.69) is 20.2 Å². The van der Waals surface area contributed by atoms with Crippen LogP contribution < -0.4 is 20.7 Å². The third kappa shape index (κ3) is 5.95. The predicted octanol–water partition coefficient (Wildman–Crippen LogP) is 4.59. The van der Waals surface area contributed by atoms with Crippen molar-refractivity contribution < 1.29 is 23.4 Å². The molecular formula is C33H40ClF2N7O3. The third-order valence-electron chi connectivity index (χ3n) is 10.2. The number of nitrogens with one attached hydrogen (secondary N) is 1. The number of nitrogens with zero attached hydrogens (tertiary/aromatic N) is 5. The fraction of sp³-hybridized carbons (Fsp3) is 0.576. The molecule has 4 N–H and O–H groups in total. The van der Waals surface area contributed by atoms with Gasteiger partial charge in [-0.25, -0.2) is 13.8 Å². The molecule has 3 fully saturated rings. The zero-order valence-electron chi connectivity index (χ0n) is 25.8. The van der Waals surface area contributed by atoms with Gasteiger partial charge in [-0.15, -0.1) is 0 Å². The average Bonchev–Trinajstić information content (AvgIpc) is 3.54. The molecule has 46 heavy (non-hydrogen) atoms. The summed E-state index contributed by atoms with van der Waals surface area (Å²) in [6.07, 6.45) is 4.89. The number of carbonyl (C=O) groups is 1. The largest absolute Gasteiger partial charge is 0.461 e. The number of carbonyl (C=O) groups excluding carboxylic acids is 1. The van der Waals surface area contributed by atoms with E-state index < -0.39 is 23.1 Å². The molecule has 0 aliphatic carbocycles. The van der Waals surface area contributed by atoms with Gasteiger partial charge in [0, 0.05) is 50.0 Å². The smallest absolute Gasteiger partial charge is 0.319 e. The summed E-state index contributed by atoms with van der Waals surface area (Å²) < 4.78 is 37.6. The maximum absolute atomic E-state index is 16.8. The molecule has 1 unspecified atom stereocenters. The van der Waals surface area contributed by atoms with E-state index in [0.717, 1.165) is 19.4 Å². The van der Waals surface area contributed by atoms with Crippen LogP contribution in [0.3, 0.4) is 0 Å². The van der Waals surface area contributed by atoms with Crippen molar-refractivity contribution >= 4 is 40.0 Å². The van der Waals surface area contributed by atoms with Crippen molar-refractivity contribution in [3.05, 3.63) is 34.7 Å². The zero-order chi connectivity index (χ0) is 32.1. The second kappa shape index (κ2) is 12.4. The molecule has 5 aliphatic rings. The number of benzene rings is 1. The molecule has 8 rings (SSSR count). The Morgan fingerprint density at radius 2 is 1.91 bits per heavy atom. The van der Waals surface area contributed by atoms with Gasteiger partial charge in [-0.05, 0) is 81.2 Å². The maximum atomic E-state index is 16.8. The number of hydrogen-bond donors (Lipinski definition) is 3. The molecule has 5 aliphatic heterocycles. The van der Waals surface area contributed by atoms with Gasteiger partial charge in [-0.1, -0.05) is 17.7 Å². The Morgan fingerprint density at radius 1 is 1.09 bits per heavy atom. The number of ether oxygens (including phenoxy) is 1. The Kier molecular flexibility index (Phi) is 8.39. The Morgan fingerprint density at radius 3 is 2.78 bits per heavy atom. The highest BCUT2D eigenvalue weighted by atomic mass is 35.5. The fourth-order valence-corrected chi connectivity index (χ4v) is 8.23. The summed E-state index contributed by atoms with van der Waals surface area (Å²) in [5.74, 6) is -0.0438. The van der Waals surface area contributed by atoms with Gasteiger partial charge < -0.3 is 25.8 Å². The van der Waals surface area contributed by atoms with E-state index in [1.165, 1.54) is 0 Å². The van der Waals surface area contributed by atoms with Crippen molar-refractivity contribution in [1.82, 2.24) is 25.2 Å². The molecule has 1 aromatic carbocycles. The molecule has 246 valence electrons. The predicted molar refractivity (Wildman–Crippen MR) is 172 cm³/mol. The lowest BCUT2D eigenvalue weighted by Gasteiger charge is -2.40. The number of piperidine rings is 1. The number of nitrogen functional groups attached to an aromatic ring is 1. The van der Waals surface area contributed by atoms with Crippen molar-refractivity contribution in [2.45, 2.75) is 81.5 Å². The number of rotatable bonds is 3. The summed E-state index contributed by atoms with van der Waals surface area (Å²) in [5, 5.41) is 15.2. The molecule has 0 saturated carbocycles. The van der Waals surface area contributed by atoms with Crippen LogP contribution in [0.25, 0.3) is 22.0 Å². The van der Waals surface area contributed by atoms with Crippen molar-refractivity contribution in [1.29, 1.82) is 0 Å². The molecule has 13 heteroatoms. The van der Waals surface area contributed by atoms with E-state index in [1.54, 1.807) is 18.2 Å². The SMILES string of the molecule is Nc1cc2c(c(Cl)n1)CCCCC(=O)NCCC1(O)CCCN(C1)c1nc(OC[C@@]34CCCN3C[C@H](F)C4)nc3c(F)c-2ccc13. The Bertz CT molecular complexity index is 1660. The van der Waals surface area contributed by atoms with Crippen LogP contribution in [0.5, 0.6) is 6.01 Å². The molecule has 0 radical (unpaired) electrons. The van der Waals surface area contributed by atoms with Gasteiger partial charge in [0.2, 0.25) is 5.91 Å². The molecule has 3 aromatic rings. The highest BCUT2D eigenvalue weighted by molar-refractivity contribution is 6.30. The van der Waals surface area contributed by atoms with Crippen LogP contribution in [0, 0.1) is 5.82 Å². The monoisotopic (exact) mass is 655 g/mol. The summed E-state index contributed by atoms with van der Waals surface area (Å²) in [6.45, 7) is 2.58. The van der Waals surface area contributed by atoms with E-state index in [4.69, 9.17) is 27.1 Å². The van der Waals surface area contributed by atoms with Gasteiger partial charge in [0.25, 0.3) is 0 Å². The van der Waals surface area contributed by atoms with Crippen LogP contribution in [0.4, 0.5) is 20.4 Å². The van der Waals surface area contributed by atoms with E-state index in [-0.39, 0.29) is 47.1 Å². The average molecular weight is 656 g/mol. The van der Waals surface area contributed by atoms with Crippen molar-refractivity contribution in [2.24, 2.45) is 0 Å². The number of nitrogens with two attached hydrogens (primary N) is 1. The minimum Gasteiger partial charge on any atom is -0.461 e.